The van der Waals surface area contributed by atoms with Crippen LogP contribution in [0.15, 0.2) is 22.0 Å². The molecule has 20 heavy (non-hydrogen) atoms. The normalized spacial score (nSPS) is 16.9. The number of rotatable bonds is 5. The van der Waals surface area contributed by atoms with Crippen LogP contribution < -0.4 is 0 Å². The fourth-order valence-electron chi connectivity index (χ4n) is 2.94. The van der Waals surface area contributed by atoms with Crippen LogP contribution in [0.2, 0.25) is 0 Å². The summed E-state index contributed by atoms with van der Waals surface area (Å²) in [5, 5.41) is 6.12. The van der Waals surface area contributed by atoms with Gasteiger partial charge in [0.25, 0.3) is 0 Å². The number of hydrogen-bond acceptors (Lipinski definition) is 5. The number of hydrogen-bond donors (Lipinski definition) is 0. The molecule has 4 nitrogen and oxygen atoms in total. The van der Waals surface area contributed by atoms with Gasteiger partial charge in [0.2, 0.25) is 11.7 Å². The van der Waals surface area contributed by atoms with E-state index in [1.807, 2.05) is 17.5 Å². The fraction of sp³-hybridized carbons (Fsp3) is 0.600. The molecule has 3 rings (SSSR count). The van der Waals surface area contributed by atoms with Crippen molar-refractivity contribution in [1.82, 2.24) is 15.0 Å². The lowest BCUT2D eigenvalue weighted by atomic mass is 9.94. The summed E-state index contributed by atoms with van der Waals surface area (Å²) in [6, 6.07) is 4.72. The average molecular weight is 291 g/mol. The molecular formula is C15H21N3OS. The zero-order valence-corrected chi connectivity index (χ0v) is 12.7. The molecule has 0 spiro atoms. The van der Waals surface area contributed by atoms with E-state index in [9.17, 15) is 0 Å². The third-order valence-corrected chi connectivity index (χ3v) is 4.91. The van der Waals surface area contributed by atoms with E-state index in [2.05, 4.69) is 22.0 Å². The largest absolute Gasteiger partial charge is 0.338 e. The summed E-state index contributed by atoms with van der Waals surface area (Å²) in [6.07, 6.45) is 6.70. The van der Waals surface area contributed by atoms with E-state index in [0.29, 0.717) is 6.04 Å². The maximum Gasteiger partial charge on any atom is 0.241 e. The Morgan fingerprint density at radius 2 is 2.20 bits per heavy atom. The van der Waals surface area contributed by atoms with Crippen LogP contribution in [0.25, 0.3) is 10.7 Å². The summed E-state index contributed by atoms with van der Waals surface area (Å²) in [7, 11) is 0. The van der Waals surface area contributed by atoms with Crippen molar-refractivity contribution in [3.8, 4) is 10.7 Å². The molecule has 0 N–H and O–H groups in total. The molecule has 5 heteroatoms. The topological polar surface area (TPSA) is 42.2 Å². The van der Waals surface area contributed by atoms with Crippen molar-refractivity contribution < 1.29 is 4.52 Å². The molecule has 0 unspecified atom stereocenters. The summed E-state index contributed by atoms with van der Waals surface area (Å²) < 4.78 is 5.42. The van der Waals surface area contributed by atoms with Crippen LogP contribution in [-0.4, -0.2) is 27.6 Å². The lowest BCUT2D eigenvalue weighted by molar-refractivity contribution is 0.139. The van der Waals surface area contributed by atoms with Gasteiger partial charge >= 0.3 is 0 Å². The van der Waals surface area contributed by atoms with Gasteiger partial charge in [-0.2, -0.15) is 4.98 Å². The molecule has 0 aromatic carbocycles. The second-order valence-corrected chi connectivity index (χ2v) is 6.29. The predicted molar refractivity (Wildman–Crippen MR) is 80.6 cm³/mol. The van der Waals surface area contributed by atoms with Gasteiger partial charge in [0.15, 0.2) is 0 Å². The van der Waals surface area contributed by atoms with Crippen LogP contribution in [0.5, 0.6) is 0 Å². The Balaban J connectivity index is 1.66. The van der Waals surface area contributed by atoms with Gasteiger partial charge in [-0.1, -0.05) is 37.4 Å². The zero-order chi connectivity index (χ0) is 13.8. The minimum atomic E-state index is 0.686. The van der Waals surface area contributed by atoms with Gasteiger partial charge < -0.3 is 4.52 Å². The van der Waals surface area contributed by atoms with E-state index >= 15 is 0 Å². The van der Waals surface area contributed by atoms with Crippen LogP contribution in [0.3, 0.4) is 0 Å². The molecule has 2 heterocycles. The van der Waals surface area contributed by atoms with E-state index in [-0.39, 0.29) is 0 Å². The van der Waals surface area contributed by atoms with Crippen molar-refractivity contribution in [2.75, 3.05) is 6.54 Å². The summed E-state index contributed by atoms with van der Waals surface area (Å²) in [5.41, 5.74) is 0. The van der Waals surface area contributed by atoms with Crippen molar-refractivity contribution in [1.29, 1.82) is 0 Å². The van der Waals surface area contributed by atoms with E-state index in [0.717, 1.165) is 29.7 Å². The van der Waals surface area contributed by atoms with Crippen LogP contribution in [0.1, 0.15) is 44.9 Å². The van der Waals surface area contributed by atoms with Crippen LogP contribution in [-0.2, 0) is 6.54 Å². The third kappa shape index (κ3) is 3.10. The fourth-order valence-corrected chi connectivity index (χ4v) is 3.59. The maximum atomic E-state index is 5.42. The Kier molecular flexibility index (Phi) is 4.47. The summed E-state index contributed by atoms with van der Waals surface area (Å²) in [5.74, 6) is 1.45. The summed E-state index contributed by atoms with van der Waals surface area (Å²) in [4.78, 5) is 8.07. The standard InChI is InChI=1S/C15H21N3OS/c1-2-18(12-7-4-3-5-8-12)11-14-16-15(17-19-14)13-9-6-10-20-13/h6,9-10,12H,2-5,7-8,11H2,1H3. The molecule has 0 radical (unpaired) electrons. The van der Waals surface area contributed by atoms with E-state index in [1.54, 1.807) is 11.3 Å². The highest BCUT2D eigenvalue weighted by Gasteiger charge is 2.22. The lowest BCUT2D eigenvalue weighted by Gasteiger charge is -2.32. The molecule has 108 valence electrons. The summed E-state index contributed by atoms with van der Waals surface area (Å²) in [6.45, 7) is 4.03. The summed E-state index contributed by atoms with van der Waals surface area (Å²) >= 11 is 1.64. The van der Waals surface area contributed by atoms with Crippen molar-refractivity contribution in [2.45, 2.75) is 51.6 Å². The van der Waals surface area contributed by atoms with Crippen molar-refractivity contribution in [3.05, 3.63) is 23.4 Å². The molecule has 2 aromatic rings. The molecule has 1 saturated carbocycles. The molecule has 2 aromatic heterocycles. The van der Waals surface area contributed by atoms with Gasteiger partial charge in [-0.25, -0.2) is 0 Å². The first-order valence-corrected chi connectivity index (χ1v) is 8.35. The molecule has 0 bridgehead atoms. The SMILES string of the molecule is CCN(Cc1nc(-c2cccs2)no1)C1CCCCC1. The second-order valence-electron chi connectivity index (χ2n) is 5.34. The Morgan fingerprint density at radius 1 is 1.35 bits per heavy atom. The molecule has 0 saturated heterocycles. The van der Waals surface area contributed by atoms with E-state index in [4.69, 9.17) is 4.52 Å². The molecular weight excluding hydrogens is 270 g/mol. The monoisotopic (exact) mass is 291 g/mol. The minimum absolute atomic E-state index is 0.686. The Bertz CT molecular complexity index is 517. The molecule has 0 aliphatic heterocycles. The molecule has 0 amide bonds. The molecule has 1 fully saturated rings. The maximum absolute atomic E-state index is 5.42. The van der Waals surface area contributed by atoms with Crippen molar-refractivity contribution in [2.24, 2.45) is 0 Å². The predicted octanol–water partition coefficient (Wildman–Crippen LogP) is 3.95. The molecule has 1 aliphatic rings. The first-order chi connectivity index (χ1) is 9.86. The van der Waals surface area contributed by atoms with Crippen LogP contribution >= 0.6 is 11.3 Å². The van der Waals surface area contributed by atoms with E-state index in [1.165, 1.54) is 32.1 Å². The quantitative estimate of drug-likeness (QED) is 0.836. The highest BCUT2D eigenvalue weighted by Crippen LogP contribution is 2.25. The van der Waals surface area contributed by atoms with Gasteiger partial charge in [0.1, 0.15) is 0 Å². The Morgan fingerprint density at radius 3 is 2.90 bits per heavy atom. The molecule has 0 atom stereocenters. The van der Waals surface area contributed by atoms with Gasteiger partial charge in [-0.05, 0) is 30.8 Å². The van der Waals surface area contributed by atoms with Gasteiger partial charge in [0.05, 0.1) is 11.4 Å². The third-order valence-electron chi connectivity index (χ3n) is 4.05. The number of nitrogens with zero attached hydrogens (tertiary/aromatic N) is 3. The van der Waals surface area contributed by atoms with Crippen LogP contribution in [0, 0.1) is 0 Å². The van der Waals surface area contributed by atoms with Gasteiger partial charge in [0, 0.05) is 6.04 Å². The number of thiophene rings is 1. The highest BCUT2D eigenvalue weighted by molar-refractivity contribution is 7.13. The Labute approximate surface area is 123 Å². The van der Waals surface area contributed by atoms with Crippen LogP contribution in [0.4, 0.5) is 0 Å². The first kappa shape index (κ1) is 13.8. The zero-order valence-electron chi connectivity index (χ0n) is 11.9. The smallest absolute Gasteiger partial charge is 0.241 e. The van der Waals surface area contributed by atoms with E-state index < -0.39 is 0 Å². The van der Waals surface area contributed by atoms with Gasteiger partial charge in [-0.15, -0.1) is 11.3 Å². The highest BCUT2D eigenvalue weighted by atomic mass is 32.1. The number of aromatic nitrogens is 2. The van der Waals surface area contributed by atoms with Crippen molar-refractivity contribution >= 4 is 11.3 Å². The molecule has 1 aliphatic carbocycles. The Hall–Kier alpha value is -1.20. The van der Waals surface area contributed by atoms with Crippen molar-refractivity contribution in [3.63, 3.8) is 0 Å². The second kappa shape index (κ2) is 6.50. The van der Waals surface area contributed by atoms with Gasteiger partial charge in [-0.3, -0.25) is 4.90 Å². The average Bonchev–Trinajstić information content (AvgIpc) is 3.16. The first-order valence-electron chi connectivity index (χ1n) is 7.47. The lowest BCUT2D eigenvalue weighted by Crippen LogP contribution is -2.36. The minimum Gasteiger partial charge on any atom is -0.338 e.